The van der Waals surface area contributed by atoms with Gasteiger partial charge in [0.05, 0.1) is 5.56 Å². The van der Waals surface area contributed by atoms with Gasteiger partial charge in [-0.25, -0.2) is 4.79 Å². The van der Waals surface area contributed by atoms with Crippen molar-refractivity contribution in [3.63, 3.8) is 0 Å². The molecule has 2 N–H and O–H groups in total. The van der Waals surface area contributed by atoms with Crippen LogP contribution in [0.15, 0.2) is 41.0 Å². The molecule has 0 aliphatic carbocycles. The van der Waals surface area contributed by atoms with Crippen molar-refractivity contribution >= 4 is 27.8 Å². The summed E-state index contributed by atoms with van der Waals surface area (Å²) in [5.41, 5.74) is 1.67. The van der Waals surface area contributed by atoms with E-state index in [2.05, 4.69) is 21.2 Å². The molecule has 1 aromatic heterocycles. The smallest absolute Gasteiger partial charge is 0.335 e. The summed E-state index contributed by atoms with van der Waals surface area (Å²) in [5.74, 6) is -1.12. The molecule has 1 aromatic carbocycles. The van der Waals surface area contributed by atoms with E-state index in [4.69, 9.17) is 5.11 Å². The van der Waals surface area contributed by atoms with Crippen molar-refractivity contribution in [2.75, 3.05) is 0 Å². The first-order valence-corrected chi connectivity index (χ1v) is 7.26. The second-order valence-corrected chi connectivity index (χ2v) is 5.43. The van der Waals surface area contributed by atoms with Gasteiger partial charge in [0.2, 0.25) is 0 Å². The summed E-state index contributed by atoms with van der Waals surface area (Å²) in [5, 5.41) is 11.6. The molecule has 0 fully saturated rings. The van der Waals surface area contributed by atoms with Crippen molar-refractivity contribution < 1.29 is 14.7 Å². The van der Waals surface area contributed by atoms with Gasteiger partial charge in [0, 0.05) is 23.8 Å². The fourth-order valence-electron chi connectivity index (χ4n) is 1.96. The van der Waals surface area contributed by atoms with E-state index in [1.807, 2.05) is 17.7 Å². The normalized spacial score (nSPS) is 10.4. The molecule has 0 radical (unpaired) electrons. The number of hydrogen-bond acceptors (Lipinski definition) is 2. The Bertz CT molecular complexity index is 662. The van der Waals surface area contributed by atoms with Gasteiger partial charge in [-0.15, -0.1) is 0 Å². The van der Waals surface area contributed by atoms with Crippen LogP contribution in [0, 0.1) is 0 Å². The fraction of sp³-hybridized carbons (Fsp3) is 0.200. The third-order valence-electron chi connectivity index (χ3n) is 3.09. The Morgan fingerprint density at radius 1 is 1.29 bits per heavy atom. The number of aryl methyl sites for hydroxylation is 1. The van der Waals surface area contributed by atoms with Gasteiger partial charge in [-0.2, -0.15) is 0 Å². The SMILES string of the molecule is CCn1cc(Br)cc1C(=O)NCc1ccc(C(=O)O)cc1. The largest absolute Gasteiger partial charge is 0.478 e. The van der Waals surface area contributed by atoms with Crippen molar-refractivity contribution in [2.24, 2.45) is 0 Å². The highest BCUT2D eigenvalue weighted by atomic mass is 79.9. The summed E-state index contributed by atoms with van der Waals surface area (Å²) >= 11 is 3.35. The second kappa shape index (κ2) is 6.58. The predicted octanol–water partition coefficient (Wildman–Crippen LogP) is 2.90. The molecule has 110 valence electrons. The third-order valence-corrected chi connectivity index (χ3v) is 3.52. The first kappa shape index (κ1) is 15.3. The summed E-state index contributed by atoms with van der Waals surface area (Å²) in [7, 11) is 0. The molecule has 6 heteroatoms. The molecule has 2 aromatic rings. The van der Waals surface area contributed by atoms with Crippen LogP contribution in [0.5, 0.6) is 0 Å². The number of rotatable bonds is 5. The average molecular weight is 351 g/mol. The number of carboxylic acid groups (broad SMARTS) is 1. The Kier molecular flexibility index (Phi) is 4.80. The Balaban J connectivity index is 2.02. The summed E-state index contributed by atoms with van der Waals surface area (Å²) in [6, 6.07) is 8.20. The van der Waals surface area contributed by atoms with Crippen molar-refractivity contribution in [2.45, 2.75) is 20.0 Å². The number of halogens is 1. The minimum atomic E-state index is -0.962. The van der Waals surface area contributed by atoms with E-state index >= 15 is 0 Å². The zero-order valence-corrected chi connectivity index (χ0v) is 13.1. The molecular formula is C15H15BrN2O3. The topological polar surface area (TPSA) is 71.3 Å². The van der Waals surface area contributed by atoms with E-state index in [0.717, 1.165) is 10.0 Å². The van der Waals surface area contributed by atoms with Crippen LogP contribution < -0.4 is 5.32 Å². The summed E-state index contributed by atoms with van der Waals surface area (Å²) in [6.07, 6.45) is 1.86. The van der Waals surface area contributed by atoms with Gasteiger partial charge in [-0.05, 0) is 46.6 Å². The molecule has 1 heterocycles. The molecule has 0 bridgehead atoms. The molecule has 0 aliphatic rings. The Hall–Kier alpha value is -2.08. The van der Waals surface area contributed by atoms with Crippen LogP contribution in [-0.4, -0.2) is 21.6 Å². The predicted molar refractivity (Wildman–Crippen MR) is 82.4 cm³/mol. The second-order valence-electron chi connectivity index (χ2n) is 4.51. The van der Waals surface area contributed by atoms with Crippen LogP contribution in [0.3, 0.4) is 0 Å². The molecule has 0 aliphatic heterocycles. The van der Waals surface area contributed by atoms with E-state index in [-0.39, 0.29) is 11.5 Å². The van der Waals surface area contributed by atoms with E-state index in [1.54, 1.807) is 18.2 Å². The highest BCUT2D eigenvalue weighted by molar-refractivity contribution is 9.10. The van der Waals surface area contributed by atoms with Crippen molar-refractivity contribution in [1.29, 1.82) is 0 Å². The van der Waals surface area contributed by atoms with Crippen molar-refractivity contribution in [1.82, 2.24) is 9.88 Å². The van der Waals surface area contributed by atoms with Crippen LogP contribution >= 0.6 is 15.9 Å². The molecule has 0 unspecified atom stereocenters. The quantitative estimate of drug-likeness (QED) is 0.870. The Morgan fingerprint density at radius 2 is 1.95 bits per heavy atom. The Morgan fingerprint density at radius 3 is 2.52 bits per heavy atom. The van der Waals surface area contributed by atoms with Crippen LogP contribution in [0.25, 0.3) is 0 Å². The number of amides is 1. The summed E-state index contributed by atoms with van der Waals surface area (Å²) < 4.78 is 2.72. The minimum Gasteiger partial charge on any atom is -0.478 e. The molecular weight excluding hydrogens is 336 g/mol. The average Bonchev–Trinajstić information content (AvgIpc) is 2.86. The maximum absolute atomic E-state index is 12.1. The minimum absolute atomic E-state index is 0.162. The maximum Gasteiger partial charge on any atom is 0.335 e. The third kappa shape index (κ3) is 3.72. The lowest BCUT2D eigenvalue weighted by Crippen LogP contribution is -2.25. The fourth-order valence-corrected chi connectivity index (χ4v) is 2.43. The van der Waals surface area contributed by atoms with Crippen LogP contribution in [0.2, 0.25) is 0 Å². The molecule has 5 nitrogen and oxygen atoms in total. The lowest BCUT2D eigenvalue weighted by Gasteiger charge is -2.08. The lowest BCUT2D eigenvalue weighted by molar-refractivity contribution is 0.0696. The van der Waals surface area contributed by atoms with E-state index in [1.165, 1.54) is 12.1 Å². The molecule has 21 heavy (non-hydrogen) atoms. The number of hydrogen-bond donors (Lipinski definition) is 2. The standard InChI is InChI=1S/C15H15BrN2O3/c1-2-18-9-12(16)7-13(18)14(19)17-8-10-3-5-11(6-4-10)15(20)21/h3-7,9H,2,8H2,1H3,(H,17,19)(H,20,21). The molecule has 0 atom stereocenters. The molecule has 0 spiro atoms. The number of carboxylic acids is 1. The zero-order chi connectivity index (χ0) is 15.4. The van der Waals surface area contributed by atoms with Crippen molar-refractivity contribution in [3.8, 4) is 0 Å². The monoisotopic (exact) mass is 350 g/mol. The van der Waals surface area contributed by atoms with Gasteiger partial charge < -0.3 is 15.0 Å². The number of nitrogens with zero attached hydrogens (tertiary/aromatic N) is 1. The molecule has 2 rings (SSSR count). The van der Waals surface area contributed by atoms with Crippen LogP contribution in [-0.2, 0) is 13.1 Å². The Labute approximate surface area is 130 Å². The number of aromatic nitrogens is 1. The first-order chi connectivity index (χ1) is 10.0. The summed E-state index contributed by atoms with van der Waals surface area (Å²) in [4.78, 5) is 22.9. The maximum atomic E-state index is 12.1. The van der Waals surface area contributed by atoms with Crippen molar-refractivity contribution in [3.05, 3.63) is 57.8 Å². The number of nitrogens with one attached hydrogen (secondary N) is 1. The molecule has 1 amide bonds. The number of carbonyl (C=O) groups is 2. The highest BCUT2D eigenvalue weighted by Crippen LogP contribution is 2.15. The summed E-state index contributed by atoms with van der Waals surface area (Å²) in [6.45, 7) is 3.03. The molecule has 0 saturated heterocycles. The number of aromatic carboxylic acids is 1. The van der Waals surface area contributed by atoms with Gasteiger partial charge in [-0.1, -0.05) is 12.1 Å². The van der Waals surface area contributed by atoms with Gasteiger partial charge in [-0.3, -0.25) is 4.79 Å². The van der Waals surface area contributed by atoms with E-state index in [0.29, 0.717) is 18.8 Å². The van der Waals surface area contributed by atoms with Gasteiger partial charge >= 0.3 is 5.97 Å². The van der Waals surface area contributed by atoms with Gasteiger partial charge in [0.1, 0.15) is 5.69 Å². The lowest BCUT2D eigenvalue weighted by atomic mass is 10.1. The van der Waals surface area contributed by atoms with Crippen LogP contribution in [0.1, 0.15) is 33.3 Å². The van der Waals surface area contributed by atoms with E-state index < -0.39 is 5.97 Å². The number of carbonyl (C=O) groups excluding carboxylic acids is 1. The molecule has 0 saturated carbocycles. The van der Waals surface area contributed by atoms with Gasteiger partial charge in [0.25, 0.3) is 5.91 Å². The van der Waals surface area contributed by atoms with Crippen LogP contribution in [0.4, 0.5) is 0 Å². The zero-order valence-electron chi connectivity index (χ0n) is 11.5. The number of benzene rings is 1. The van der Waals surface area contributed by atoms with E-state index in [9.17, 15) is 9.59 Å². The highest BCUT2D eigenvalue weighted by Gasteiger charge is 2.12. The first-order valence-electron chi connectivity index (χ1n) is 6.47. The van der Waals surface area contributed by atoms with Gasteiger partial charge in [0.15, 0.2) is 0 Å².